The maximum atomic E-state index is 4.11. The number of hydrogen-bond acceptors (Lipinski definition) is 5. The van der Waals surface area contributed by atoms with Gasteiger partial charge in [0.15, 0.2) is 4.34 Å². The minimum Gasteiger partial charge on any atom is -0.315 e. The Labute approximate surface area is 87.5 Å². The maximum Gasteiger partial charge on any atom is 0.169 e. The second kappa shape index (κ2) is 6.34. The zero-order valence-corrected chi connectivity index (χ0v) is 9.62. The van der Waals surface area contributed by atoms with E-state index in [1.54, 1.807) is 18.1 Å². The van der Waals surface area contributed by atoms with Crippen LogP contribution in [0.1, 0.15) is 20.3 Å². The minimum atomic E-state index is 0.602. The molecule has 1 heterocycles. The van der Waals surface area contributed by atoms with Crippen LogP contribution in [-0.2, 0) is 0 Å². The summed E-state index contributed by atoms with van der Waals surface area (Å²) in [6.07, 6.45) is 2.79. The molecule has 0 aliphatic carbocycles. The van der Waals surface area contributed by atoms with E-state index in [1.807, 2.05) is 0 Å². The summed E-state index contributed by atoms with van der Waals surface area (Å²) in [6.45, 7) is 5.39. The third-order valence-corrected chi connectivity index (χ3v) is 3.50. The van der Waals surface area contributed by atoms with Crippen LogP contribution in [0.3, 0.4) is 0 Å². The number of rotatable bonds is 6. The van der Waals surface area contributed by atoms with Crippen molar-refractivity contribution in [3.05, 3.63) is 6.33 Å². The molecule has 5 heteroatoms. The molecule has 0 bridgehead atoms. The van der Waals surface area contributed by atoms with Crippen molar-refractivity contribution in [2.75, 3.05) is 12.3 Å². The fourth-order valence-corrected chi connectivity index (χ4v) is 2.64. The number of nitrogens with one attached hydrogen (secondary N) is 1. The van der Waals surface area contributed by atoms with Crippen LogP contribution in [0, 0.1) is 0 Å². The third kappa shape index (κ3) is 4.59. The molecule has 0 saturated carbocycles. The third-order valence-electron chi connectivity index (χ3n) is 1.67. The van der Waals surface area contributed by atoms with Gasteiger partial charge in [0.2, 0.25) is 0 Å². The van der Waals surface area contributed by atoms with E-state index in [2.05, 4.69) is 28.5 Å². The van der Waals surface area contributed by atoms with Gasteiger partial charge in [0.25, 0.3) is 0 Å². The van der Waals surface area contributed by atoms with Crippen LogP contribution in [-0.4, -0.2) is 27.7 Å². The normalized spacial score (nSPS) is 13.1. The van der Waals surface area contributed by atoms with Crippen molar-refractivity contribution < 1.29 is 0 Å². The lowest BCUT2D eigenvalue weighted by Gasteiger charge is -2.10. The van der Waals surface area contributed by atoms with Crippen LogP contribution in [0.2, 0.25) is 0 Å². The summed E-state index contributed by atoms with van der Waals surface area (Å²) in [5, 5.41) is 3.38. The minimum absolute atomic E-state index is 0.602. The SMILES string of the molecule is CCNC(C)CCSc1ncns1. The number of nitrogens with zero attached hydrogens (tertiary/aromatic N) is 2. The van der Waals surface area contributed by atoms with E-state index in [0.29, 0.717) is 6.04 Å². The Morgan fingerprint density at radius 3 is 3.15 bits per heavy atom. The molecule has 0 aromatic carbocycles. The average molecular weight is 217 g/mol. The van der Waals surface area contributed by atoms with Crippen molar-refractivity contribution in [2.45, 2.75) is 30.6 Å². The van der Waals surface area contributed by atoms with Gasteiger partial charge in [-0.2, -0.15) is 4.37 Å². The van der Waals surface area contributed by atoms with Gasteiger partial charge in [-0.15, -0.1) is 0 Å². The van der Waals surface area contributed by atoms with Crippen molar-refractivity contribution in [3.63, 3.8) is 0 Å². The second-order valence-electron chi connectivity index (χ2n) is 2.80. The Bertz CT molecular complexity index is 213. The van der Waals surface area contributed by atoms with Gasteiger partial charge < -0.3 is 5.32 Å². The van der Waals surface area contributed by atoms with E-state index < -0.39 is 0 Å². The highest BCUT2D eigenvalue weighted by Gasteiger charge is 2.01. The van der Waals surface area contributed by atoms with Gasteiger partial charge in [0, 0.05) is 11.8 Å². The first-order valence-electron chi connectivity index (χ1n) is 4.45. The molecule has 74 valence electrons. The Morgan fingerprint density at radius 1 is 1.69 bits per heavy atom. The van der Waals surface area contributed by atoms with Gasteiger partial charge in [-0.1, -0.05) is 18.7 Å². The maximum absolute atomic E-state index is 4.11. The summed E-state index contributed by atoms with van der Waals surface area (Å²) in [4.78, 5) is 4.11. The first-order valence-corrected chi connectivity index (χ1v) is 6.21. The van der Waals surface area contributed by atoms with Crippen LogP contribution in [0.4, 0.5) is 0 Å². The van der Waals surface area contributed by atoms with E-state index in [9.17, 15) is 0 Å². The van der Waals surface area contributed by atoms with E-state index in [0.717, 1.165) is 16.6 Å². The van der Waals surface area contributed by atoms with Crippen LogP contribution >= 0.6 is 23.3 Å². The predicted molar refractivity (Wildman–Crippen MR) is 58.4 cm³/mol. The van der Waals surface area contributed by atoms with E-state index in [1.165, 1.54) is 18.0 Å². The highest BCUT2D eigenvalue weighted by atomic mass is 32.2. The Kier molecular flexibility index (Phi) is 5.34. The highest BCUT2D eigenvalue weighted by molar-refractivity contribution is 8.00. The number of aromatic nitrogens is 2. The zero-order valence-electron chi connectivity index (χ0n) is 7.99. The first-order chi connectivity index (χ1) is 6.33. The molecule has 1 rings (SSSR count). The lowest BCUT2D eigenvalue weighted by Crippen LogP contribution is -2.25. The molecule has 0 spiro atoms. The van der Waals surface area contributed by atoms with Crippen LogP contribution in [0.15, 0.2) is 10.7 Å². The molecule has 1 unspecified atom stereocenters. The lowest BCUT2D eigenvalue weighted by atomic mass is 10.3. The van der Waals surface area contributed by atoms with Crippen molar-refractivity contribution in [2.24, 2.45) is 0 Å². The number of hydrogen-bond donors (Lipinski definition) is 1. The number of thioether (sulfide) groups is 1. The summed E-state index contributed by atoms with van der Waals surface area (Å²) < 4.78 is 5.02. The molecule has 1 aromatic heterocycles. The summed E-state index contributed by atoms with van der Waals surface area (Å²) in [5.74, 6) is 1.11. The van der Waals surface area contributed by atoms with Crippen molar-refractivity contribution in [1.29, 1.82) is 0 Å². The van der Waals surface area contributed by atoms with Crippen LogP contribution < -0.4 is 5.32 Å². The zero-order chi connectivity index (χ0) is 9.52. The van der Waals surface area contributed by atoms with Gasteiger partial charge >= 0.3 is 0 Å². The summed E-state index contributed by atoms with van der Waals surface area (Å²) in [5.41, 5.74) is 0. The quantitative estimate of drug-likeness (QED) is 0.740. The van der Waals surface area contributed by atoms with E-state index >= 15 is 0 Å². The van der Waals surface area contributed by atoms with Gasteiger partial charge in [-0.3, -0.25) is 0 Å². The molecule has 13 heavy (non-hydrogen) atoms. The van der Waals surface area contributed by atoms with Gasteiger partial charge in [0.1, 0.15) is 6.33 Å². The standard InChI is InChI=1S/C8H15N3S2/c1-3-9-7(2)4-5-12-8-10-6-11-13-8/h6-7,9H,3-5H2,1-2H3. The fourth-order valence-electron chi connectivity index (χ4n) is 1.00. The molecule has 0 radical (unpaired) electrons. The smallest absolute Gasteiger partial charge is 0.169 e. The van der Waals surface area contributed by atoms with E-state index in [4.69, 9.17) is 0 Å². The summed E-state index contributed by atoms with van der Waals surface area (Å²) in [6, 6.07) is 0.602. The molecular weight excluding hydrogens is 202 g/mol. The molecule has 1 aromatic rings. The monoisotopic (exact) mass is 217 g/mol. The second-order valence-corrected chi connectivity index (χ2v) is 4.93. The summed E-state index contributed by atoms with van der Waals surface area (Å²) in [7, 11) is 0. The average Bonchev–Trinajstić information content (AvgIpc) is 2.57. The van der Waals surface area contributed by atoms with Crippen LogP contribution in [0.5, 0.6) is 0 Å². The molecule has 0 aliphatic heterocycles. The first kappa shape index (κ1) is 10.9. The molecule has 0 fully saturated rings. The van der Waals surface area contributed by atoms with Gasteiger partial charge in [-0.25, -0.2) is 4.98 Å². The van der Waals surface area contributed by atoms with E-state index in [-0.39, 0.29) is 0 Å². The largest absolute Gasteiger partial charge is 0.315 e. The molecule has 1 N–H and O–H groups in total. The van der Waals surface area contributed by atoms with Crippen molar-refractivity contribution in [1.82, 2.24) is 14.7 Å². The highest BCUT2D eigenvalue weighted by Crippen LogP contribution is 2.19. The van der Waals surface area contributed by atoms with Crippen LogP contribution in [0.25, 0.3) is 0 Å². The molecule has 3 nitrogen and oxygen atoms in total. The Hall–Kier alpha value is -0.130. The molecule has 1 atom stereocenters. The van der Waals surface area contributed by atoms with Gasteiger partial charge in [-0.05, 0) is 31.4 Å². The Morgan fingerprint density at radius 2 is 2.54 bits per heavy atom. The van der Waals surface area contributed by atoms with Gasteiger partial charge in [0.05, 0.1) is 0 Å². The molecule has 0 aliphatic rings. The Balaban J connectivity index is 2.07. The van der Waals surface area contributed by atoms with Crippen molar-refractivity contribution >= 4 is 23.3 Å². The molecule has 0 saturated heterocycles. The predicted octanol–water partition coefficient (Wildman–Crippen LogP) is 2.02. The summed E-state index contributed by atoms with van der Waals surface area (Å²) >= 11 is 3.26. The molecule has 0 amide bonds. The topological polar surface area (TPSA) is 37.8 Å². The fraction of sp³-hybridized carbons (Fsp3) is 0.750. The van der Waals surface area contributed by atoms with Crippen molar-refractivity contribution in [3.8, 4) is 0 Å². The lowest BCUT2D eigenvalue weighted by molar-refractivity contribution is 0.556. The molecular formula is C8H15N3S2.